The lowest BCUT2D eigenvalue weighted by molar-refractivity contribution is 1.11. The van der Waals surface area contributed by atoms with Crippen molar-refractivity contribution in [2.24, 2.45) is 0 Å². The molecule has 5 aromatic rings. The van der Waals surface area contributed by atoms with Crippen LogP contribution in [-0.4, -0.2) is 14.6 Å². The van der Waals surface area contributed by atoms with Gasteiger partial charge in [0.1, 0.15) is 0 Å². The minimum atomic E-state index is 0.705. The second-order valence-electron chi connectivity index (χ2n) is 6.17. The zero-order valence-electron chi connectivity index (χ0n) is 13.8. The molecule has 0 bridgehead atoms. The summed E-state index contributed by atoms with van der Waals surface area (Å²) in [7, 11) is 0. The molecule has 0 saturated heterocycles. The molecule has 0 atom stereocenters. The normalized spacial score (nSPS) is 11.3. The minimum Gasteiger partial charge on any atom is -0.274 e. The highest BCUT2D eigenvalue weighted by atomic mass is 35.5. The van der Waals surface area contributed by atoms with Crippen molar-refractivity contribution in [3.8, 4) is 22.6 Å². The number of hydrogen-bond acceptors (Lipinski definition) is 2. The van der Waals surface area contributed by atoms with E-state index in [0.717, 1.165) is 39.1 Å². The summed E-state index contributed by atoms with van der Waals surface area (Å²) in [5.74, 6) is 0.807. The molecule has 0 N–H and O–H groups in total. The Hall–Kier alpha value is -3.17. The molecule has 3 nitrogen and oxygen atoms in total. The van der Waals surface area contributed by atoms with Gasteiger partial charge in [-0.1, -0.05) is 66.2 Å². The maximum Gasteiger partial charge on any atom is 0.169 e. The first-order chi connectivity index (χ1) is 12.8. The maximum absolute atomic E-state index is 6.05. The Kier molecular flexibility index (Phi) is 3.47. The van der Waals surface area contributed by atoms with Crippen molar-refractivity contribution in [1.29, 1.82) is 0 Å². The molecule has 2 aromatic heterocycles. The van der Waals surface area contributed by atoms with E-state index < -0.39 is 0 Å². The first-order valence-electron chi connectivity index (χ1n) is 8.39. The van der Waals surface area contributed by atoms with Gasteiger partial charge >= 0.3 is 0 Å². The van der Waals surface area contributed by atoms with Gasteiger partial charge < -0.3 is 0 Å². The fourth-order valence-corrected chi connectivity index (χ4v) is 3.46. The highest BCUT2D eigenvalue weighted by molar-refractivity contribution is 6.30. The van der Waals surface area contributed by atoms with E-state index in [2.05, 4.69) is 44.9 Å². The Morgan fingerprint density at radius 1 is 0.692 bits per heavy atom. The van der Waals surface area contributed by atoms with E-state index >= 15 is 0 Å². The average Bonchev–Trinajstić information content (AvgIpc) is 3.14. The van der Waals surface area contributed by atoms with E-state index in [4.69, 9.17) is 11.6 Å². The highest BCUT2D eigenvalue weighted by Gasteiger charge is 2.15. The predicted octanol–water partition coefficient (Wildman–Crippen LogP) is 5.87. The maximum atomic E-state index is 6.05. The number of pyridine rings is 1. The Morgan fingerprint density at radius 2 is 1.42 bits per heavy atom. The van der Waals surface area contributed by atoms with Gasteiger partial charge in [-0.25, -0.2) is 0 Å². The first kappa shape index (κ1) is 15.1. The van der Waals surface area contributed by atoms with Crippen molar-refractivity contribution in [2.45, 2.75) is 0 Å². The second kappa shape index (κ2) is 5.97. The topological polar surface area (TPSA) is 30.2 Å². The smallest absolute Gasteiger partial charge is 0.169 e. The number of benzene rings is 3. The molecule has 0 aliphatic heterocycles. The third-order valence-corrected chi connectivity index (χ3v) is 4.82. The largest absolute Gasteiger partial charge is 0.274 e. The number of aromatic nitrogens is 3. The van der Waals surface area contributed by atoms with Crippen LogP contribution in [0.2, 0.25) is 5.02 Å². The fourth-order valence-electron chi connectivity index (χ4n) is 3.33. The van der Waals surface area contributed by atoms with Crippen molar-refractivity contribution in [2.75, 3.05) is 0 Å². The van der Waals surface area contributed by atoms with E-state index in [1.54, 1.807) is 0 Å². The Balaban J connectivity index is 1.91. The van der Waals surface area contributed by atoms with Gasteiger partial charge in [0, 0.05) is 16.0 Å². The quantitative estimate of drug-likeness (QED) is 0.396. The number of hydrogen-bond donors (Lipinski definition) is 0. The molecule has 0 fully saturated rings. The molecular formula is C22H14ClN3. The van der Waals surface area contributed by atoms with Gasteiger partial charge in [0.15, 0.2) is 11.5 Å². The van der Waals surface area contributed by atoms with E-state index in [-0.39, 0.29) is 0 Å². The van der Waals surface area contributed by atoms with Gasteiger partial charge in [-0.05, 0) is 41.3 Å². The molecule has 124 valence electrons. The molecule has 0 unspecified atom stereocenters. The van der Waals surface area contributed by atoms with Crippen LogP contribution < -0.4 is 0 Å². The number of rotatable bonds is 2. The minimum absolute atomic E-state index is 0.705. The third-order valence-electron chi connectivity index (χ3n) is 4.57. The van der Waals surface area contributed by atoms with Gasteiger partial charge in [0.05, 0.1) is 5.69 Å². The third kappa shape index (κ3) is 2.37. The summed E-state index contributed by atoms with van der Waals surface area (Å²) in [4.78, 5) is 0. The summed E-state index contributed by atoms with van der Waals surface area (Å²) in [6, 6.07) is 28.5. The monoisotopic (exact) mass is 355 g/mol. The van der Waals surface area contributed by atoms with Gasteiger partial charge in [-0.2, -0.15) is 0 Å². The lowest BCUT2D eigenvalue weighted by Crippen LogP contribution is -1.96. The van der Waals surface area contributed by atoms with E-state index in [1.165, 1.54) is 0 Å². The van der Waals surface area contributed by atoms with Gasteiger partial charge in [-0.3, -0.25) is 4.40 Å². The SMILES string of the molecule is Clc1ccc(-c2nnc3c4ccccc4cc(-c4ccccc4)n23)cc1. The van der Waals surface area contributed by atoms with Crippen molar-refractivity contribution in [3.63, 3.8) is 0 Å². The van der Waals surface area contributed by atoms with Crippen LogP contribution >= 0.6 is 11.6 Å². The molecule has 0 saturated carbocycles. The summed E-state index contributed by atoms with van der Waals surface area (Å²) in [5.41, 5.74) is 4.02. The number of nitrogens with zero attached hydrogens (tertiary/aromatic N) is 3. The lowest BCUT2D eigenvalue weighted by Gasteiger charge is -2.11. The average molecular weight is 356 g/mol. The van der Waals surface area contributed by atoms with Crippen LogP contribution in [0.5, 0.6) is 0 Å². The molecule has 0 aliphatic rings. The first-order valence-corrected chi connectivity index (χ1v) is 8.77. The number of halogens is 1. The summed E-state index contributed by atoms with van der Waals surface area (Å²) in [5, 5.41) is 11.9. The molecular weight excluding hydrogens is 342 g/mol. The van der Waals surface area contributed by atoms with E-state index in [1.807, 2.05) is 54.6 Å². The Morgan fingerprint density at radius 3 is 2.23 bits per heavy atom. The van der Waals surface area contributed by atoms with E-state index in [0.29, 0.717) is 5.02 Å². The van der Waals surface area contributed by atoms with Crippen LogP contribution in [0.25, 0.3) is 39.1 Å². The molecule has 5 rings (SSSR count). The van der Waals surface area contributed by atoms with Crippen molar-refractivity contribution in [3.05, 3.63) is 90.0 Å². The van der Waals surface area contributed by atoms with Crippen LogP contribution in [0.15, 0.2) is 84.9 Å². The van der Waals surface area contributed by atoms with Crippen molar-refractivity contribution in [1.82, 2.24) is 14.6 Å². The molecule has 3 aromatic carbocycles. The lowest BCUT2D eigenvalue weighted by atomic mass is 10.1. The van der Waals surface area contributed by atoms with Crippen LogP contribution in [-0.2, 0) is 0 Å². The summed E-state index contributed by atoms with van der Waals surface area (Å²) >= 11 is 6.05. The highest BCUT2D eigenvalue weighted by Crippen LogP contribution is 2.31. The van der Waals surface area contributed by atoms with Crippen LogP contribution in [0, 0.1) is 0 Å². The molecule has 4 heteroatoms. The Bertz CT molecular complexity index is 1230. The molecule has 0 spiro atoms. The zero-order chi connectivity index (χ0) is 17.5. The van der Waals surface area contributed by atoms with Crippen molar-refractivity contribution >= 4 is 28.0 Å². The standard InChI is InChI=1S/C22H14ClN3/c23-18-12-10-16(11-13-18)21-24-25-22-19-9-5-4-8-17(19)14-20(26(21)22)15-6-2-1-3-7-15/h1-14H. The second-order valence-corrected chi connectivity index (χ2v) is 6.61. The fraction of sp³-hybridized carbons (Fsp3) is 0. The summed E-state index contributed by atoms with van der Waals surface area (Å²) < 4.78 is 2.13. The van der Waals surface area contributed by atoms with Gasteiger partial charge in [0.2, 0.25) is 0 Å². The van der Waals surface area contributed by atoms with Crippen LogP contribution in [0.4, 0.5) is 0 Å². The predicted molar refractivity (Wildman–Crippen MR) is 106 cm³/mol. The molecule has 0 aliphatic carbocycles. The summed E-state index contributed by atoms with van der Waals surface area (Å²) in [6.07, 6.45) is 0. The van der Waals surface area contributed by atoms with Crippen LogP contribution in [0.3, 0.4) is 0 Å². The van der Waals surface area contributed by atoms with Crippen LogP contribution in [0.1, 0.15) is 0 Å². The molecule has 2 heterocycles. The molecule has 26 heavy (non-hydrogen) atoms. The molecule has 0 amide bonds. The Labute approximate surface area is 155 Å². The zero-order valence-corrected chi connectivity index (χ0v) is 14.6. The van der Waals surface area contributed by atoms with Gasteiger partial charge in [-0.15, -0.1) is 10.2 Å². The van der Waals surface area contributed by atoms with Crippen molar-refractivity contribution < 1.29 is 0 Å². The summed E-state index contributed by atoms with van der Waals surface area (Å²) in [6.45, 7) is 0. The molecule has 0 radical (unpaired) electrons. The van der Waals surface area contributed by atoms with Gasteiger partial charge in [0.25, 0.3) is 0 Å². The number of fused-ring (bicyclic) bond motifs is 3. The van der Waals surface area contributed by atoms with E-state index in [9.17, 15) is 0 Å².